The van der Waals surface area contributed by atoms with Gasteiger partial charge in [-0.25, -0.2) is 4.98 Å². The Bertz CT molecular complexity index is 557. The molecule has 0 radical (unpaired) electrons. The smallest absolute Gasteiger partial charge is 0.0907 e. The number of aromatic nitrogens is 1. The molecule has 2 aromatic rings. The van der Waals surface area contributed by atoms with Gasteiger partial charge in [-0.1, -0.05) is 46.9 Å². The summed E-state index contributed by atoms with van der Waals surface area (Å²) in [6.07, 6.45) is 0. The van der Waals surface area contributed by atoms with E-state index in [1.54, 1.807) is 30.3 Å². The molecule has 2 nitrogen and oxygen atoms in total. The normalized spacial score (nSPS) is 10.6. The Morgan fingerprint density at radius 1 is 1.00 bits per heavy atom. The van der Waals surface area contributed by atoms with Gasteiger partial charge in [-0.3, -0.25) is 0 Å². The molecular formula is C12H8Cl3NO. The van der Waals surface area contributed by atoms with Gasteiger partial charge in [0.05, 0.1) is 33.1 Å². The molecule has 0 spiro atoms. The second kappa shape index (κ2) is 5.23. The zero-order valence-corrected chi connectivity index (χ0v) is 10.9. The number of benzene rings is 1. The van der Waals surface area contributed by atoms with Crippen LogP contribution in [0.2, 0.25) is 15.1 Å². The van der Waals surface area contributed by atoms with Crippen molar-refractivity contribution in [1.29, 1.82) is 0 Å². The van der Waals surface area contributed by atoms with Crippen LogP contribution in [-0.4, -0.2) is 10.1 Å². The monoisotopic (exact) mass is 287 g/mol. The maximum Gasteiger partial charge on any atom is 0.0907 e. The molecule has 88 valence electrons. The van der Waals surface area contributed by atoms with Crippen molar-refractivity contribution in [2.24, 2.45) is 0 Å². The fourth-order valence-electron chi connectivity index (χ4n) is 1.45. The molecule has 5 heteroatoms. The second-order valence-electron chi connectivity index (χ2n) is 3.39. The lowest BCUT2D eigenvalue weighted by atomic mass is 10.1. The second-order valence-corrected chi connectivity index (χ2v) is 4.58. The van der Waals surface area contributed by atoms with Crippen molar-refractivity contribution in [1.82, 2.24) is 4.98 Å². The molecule has 17 heavy (non-hydrogen) atoms. The van der Waals surface area contributed by atoms with Gasteiger partial charge < -0.3 is 5.11 Å². The molecule has 0 aliphatic carbocycles. The summed E-state index contributed by atoms with van der Waals surface area (Å²) < 4.78 is 0. The summed E-state index contributed by atoms with van der Waals surface area (Å²) >= 11 is 18.1. The van der Waals surface area contributed by atoms with E-state index in [0.717, 1.165) is 0 Å². The Morgan fingerprint density at radius 3 is 2.47 bits per heavy atom. The first-order valence-corrected chi connectivity index (χ1v) is 5.97. The van der Waals surface area contributed by atoms with Gasteiger partial charge in [-0.15, -0.1) is 0 Å². The van der Waals surface area contributed by atoms with E-state index >= 15 is 0 Å². The Hall–Kier alpha value is -0.800. The maximum atomic E-state index is 9.06. The fourth-order valence-corrected chi connectivity index (χ4v) is 2.04. The van der Waals surface area contributed by atoms with E-state index in [4.69, 9.17) is 39.9 Å². The van der Waals surface area contributed by atoms with Crippen LogP contribution in [0.3, 0.4) is 0 Å². The fraction of sp³-hybridized carbons (Fsp3) is 0.0833. The highest BCUT2D eigenvalue weighted by Gasteiger charge is 2.12. The molecule has 1 aromatic carbocycles. The zero-order valence-electron chi connectivity index (χ0n) is 8.62. The number of hydrogen-bond donors (Lipinski definition) is 1. The Morgan fingerprint density at radius 2 is 1.76 bits per heavy atom. The molecule has 0 aliphatic heterocycles. The highest BCUT2D eigenvalue weighted by molar-refractivity contribution is 6.44. The first-order chi connectivity index (χ1) is 8.13. The molecule has 0 saturated carbocycles. The predicted molar refractivity (Wildman–Crippen MR) is 70.6 cm³/mol. The summed E-state index contributed by atoms with van der Waals surface area (Å²) in [5.41, 5.74) is 1.70. The van der Waals surface area contributed by atoms with E-state index in [9.17, 15) is 0 Å². The van der Waals surface area contributed by atoms with Crippen molar-refractivity contribution < 1.29 is 5.11 Å². The largest absolute Gasteiger partial charge is 0.390 e. The minimum absolute atomic E-state index is 0.150. The zero-order chi connectivity index (χ0) is 12.4. The van der Waals surface area contributed by atoms with E-state index < -0.39 is 0 Å². The third-order valence-electron chi connectivity index (χ3n) is 2.27. The van der Waals surface area contributed by atoms with Gasteiger partial charge in [-0.2, -0.15) is 0 Å². The molecule has 0 unspecified atom stereocenters. The van der Waals surface area contributed by atoms with E-state index in [2.05, 4.69) is 4.98 Å². The summed E-state index contributed by atoms with van der Waals surface area (Å²) in [6.45, 7) is -0.150. The number of nitrogens with zero attached hydrogens (tertiary/aromatic N) is 1. The first kappa shape index (κ1) is 12.7. The van der Waals surface area contributed by atoms with E-state index in [-0.39, 0.29) is 6.61 Å². The highest BCUT2D eigenvalue weighted by Crippen LogP contribution is 2.35. The molecular weight excluding hydrogens is 280 g/mol. The summed E-state index contributed by atoms with van der Waals surface area (Å²) in [5, 5.41) is 10.4. The molecule has 0 bridgehead atoms. The van der Waals surface area contributed by atoms with E-state index in [1.807, 2.05) is 0 Å². The van der Waals surface area contributed by atoms with Crippen molar-refractivity contribution in [3.63, 3.8) is 0 Å². The molecule has 1 N–H and O–H groups in total. The van der Waals surface area contributed by atoms with Gasteiger partial charge in [0.1, 0.15) is 0 Å². The van der Waals surface area contributed by atoms with Crippen LogP contribution in [0.15, 0.2) is 30.3 Å². The SMILES string of the molecule is OCc1ccc(Cl)c(-c2cccc(Cl)c2Cl)n1. The van der Waals surface area contributed by atoms with Gasteiger partial charge >= 0.3 is 0 Å². The lowest BCUT2D eigenvalue weighted by molar-refractivity contribution is 0.277. The Balaban J connectivity index is 2.63. The average molecular weight is 289 g/mol. The lowest BCUT2D eigenvalue weighted by Gasteiger charge is -2.08. The van der Waals surface area contributed by atoms with Crippen LogP contribution in [-0.2, 0) is 6.61 Å². The molecule has 0 atom stereocenters. The van der Waals surface area contributed by atoms with Crippen LogP contribution >= 0.6 is 34.8 Å². The summed E-state index contributed by atoms with van der Waals surface area (Å²) in [6, 6.07) is 8.57. The number of hydrogen-bond acceptors (Lipinski definition) is 2. The highest BCUT2D eigenvalue weighted by atomic mass is 35.5. The van der Waals surface area contributed by atoms with Crippen molar-refractivity contribution in [2.75, 3.05) is 0 Å². The van der Waals surface area contributed by atoms with Gasteiger partial charge in [-0.05, 0) is 18.2 Å². The van der Waals surface area contributed by atoms with Gasteiger partial charge in [0.15, 0.2) is 0 Å². The molecule has 0 aliphatic rings. The Kier molecular flexibility index (Phi) is 3.89. The standard InChI is InChI=1S/C12H8Cl3NO/c13-9-3-1-2-8(11(9)15)12-10(14)5-4-7(6-17)16-12/h1-5,17H,6H2. The minimum atomic E-state index is -0.150. The molecule has 2 rings (SSSR count). The first-order valence-electron chi connectivity index (χ1n) is 4.84. The number of aliphatic hydroxyl groups excluding tert-OH is 1. The van der Waals surface area contributed by atoms with Crippen LogP contribution < -0.4 is 0 Å². The summed E-state index contributed by atoms with van der Waals surface area (Å²) in [4.78, 5) is 4.24. The van der Waals surface area contributed by atoms with E-state index in [1.165, 1.54) is 0 Å². The number of pyridine rings is 1. The van der Waals surface area contributed by atoms with Crippen molar-refractivity contribution >= 4 is 34.8 Å². The van der Waals surface area contributed by atoms with Gasteiger partial charge in [0.25, 0.3) is 0 Å². The van der Waals surface area contributed by atoms with Crippen LogP contribution in [0.4, 0.5) is 0 Å². The molecule has 0 saturated heterocycles. The molecule has 1 heterocycles. The lowest BCUT2D eigenvalue weighted by Crippen LogP contribution is -1.93. The van der Waals surface area contributed by atoms with Crippen molar-refractivity contribution in [3.05, 3.63) is 51.1 Å². The van der Waals surface area contributed by atoms with Crippen molar-refractivity contribution in [3.8, 4) is 11.3 Å². The quantitative estimate of drug-likeness (QED) is 0.898. The van der Waals surface area contributed by atoms with Crippen LogP contribution in [0.5, 0.6) is 0 Å². The third-order valence-corrected chi connectivity index (χ3v) is 3.40. The Labute approximate surface area is 114 Å². The number of aliphatic hydroxyl groups is 1. The van der Waals surface area contributed by atoms with E-state index in [0.29, 0.717) is 32.0 Å². The summed E-state index contributed by atoms with van der Waals surface area (Å²) in [7, 11) is 0. The molecule has 1 aromatic heterocycles. The number of rotatable bonds is 2. The molecule has 0 fully saturated rings. The average Bonchev–Trinajstić information content (AvgIpc) is 2.34. The van der Waals surface area contributed by atoms with Crippen LogP contribution in [0.1, 0.15) is 5.69 Å². The van der Waals surface area contributed by atoms with Gasteiger partial charge in [0.2, 0.25) is 0 Å². The van der Waals surface area contributed by atoms with Crippen molar-refractivity contribution in [2.45, 2.75) is 6.61 Å². The number of halogens is 3. The third kappa shape index (κ3) is 2.55. The van der Waals surface area contributed by atoms with Crippen LogP contribution in [0.25, 0.3) is 11.3 Å². The van der Waals surface area contributed by atoms with Gasteiger partial charge in [0, 0.05) is 5.56 Å². The molecule has 0 amide bonds. The predicted octanol–water partition coefficient (Wildman–Crippen LogP) is 4.20. The minimum Gasteiger partial charge on any atom is -0.390 e. The summed E-state index contributed by atoms with van der Waals surface area (Å²) in [5.74, 6) is 0. The van der Waals surface area contributed by atoms with Crippen LogP contribution in [0, 0.1) is 0 Å². The maximum absolute atomic E-state index is 9.06. The topological polar surface area (TPSA) is 33.1 Å².